The van der Waals surface area contributed by atoms with E-state index in [0.29, 0.717) is 12.0 Å². The highest BCUT2D eigenvalue weighted by molar-refractivity contribution is 5.35. The van der Waals surface area contributed by atoms with Crippen LogP contribution in [0.5, 0.6) is 5.75 Å². The summed E-state index contributed by atoms with van der Waals surface area (Å²) in [5.41, 5.74) is 1.61. The summed E-state index contributed by atoms with van der Waals surface area (Å²) in [6.07, 6.45) is 1.12. The van der Waals surface area contributed by atoms with Gasteiger partial charge < -0.3 is 10.1 Å². The predicted octanol–water partition coefficient (Wildman–Crippen LogP) is 3.26. The lowest BCUT2D eigenvalue weighted by Crippen LogP contribution is -2.49. The molecule has 0 fully saturated rings. The Morgan fingerprint density at radius 3 is 2.72 bits per heavy atom. The zero-order valence-electron chi connectivity index (χ0n) is 12.0. The molecule has 1 aromatic carbocycles. The molecular formula is C16H25NO. The maximum Gasteiger partial charge on any atom is 0.122 e. The van der Waals surface area contributed by atoms with Gasteiger partial charge in [-0.2, -0.15) is 0 Å². The quantitative estimate of drug-likeness (QED) is 0.885. The van der Waals surface area contributed by atoms with E-state index in [1.165, 1.54) is 5.56 Å². The zero-order chi connectivity index (χ0) is 13.2. The molecule has 0 aliphatic carbocycles. The lowest BCUT2D eigenvalue weighted by molar-refractivity contribution is 0.123. The van der Waals surface area contributed by atoms with E-state index in [0.717, 1.165) is 25.3 Å². The molecule has 0 bridgehead atoms. The van der Waals surface area contributed by atoms with Crippen molar-refractivity contribution in [3.8, 4) is 5.75 Å². The Labute approximate surface area is 111 Å². The summed E-state index contributed by atoms with van der Waals surface area (Å²) in [5, 5.41) is 3.64. The van der Waals surface area contributed by atoms with Gasteiger partial charge in [-0.15, -0.1) is 0 Å². The lowest BCUT2D eigenvalue weighted by atomic mass is 9.76. The minimum atomic E-state index is 0.260. The van der Waals surface area contributed by atoms with Crippen molar-refractivity contribution in [2.75, 3.05) is 13.2 Å². The first-order valence-electron chi connectivity index (χ1n) is 6.96. The Bertz CT molecular complexity index is 394. The predicted molar refractivity (Wildman–Crippen MR) is 76.1 cm³/mol. The van der Waals surface area contributed by atoms with Gasteiger partial charge in [-0.25, -0.2) is 0 Å². The molecule has 0 saturated carbocycles. The molecule has 2 unspecified atom stereocenters. The van der Waals surface area contributed by atoms with E-state index in [1.807, 2.05) is 6.07 Å². The van der Waals surface area contributed by atoms with E-state index in [9.17, 15) is 0 Å². The first-order chi connectivity index (χ1) is 8.52. The smallest absolute Gasteiger partial charge is 0.122 e. The van der Waals surface area contributed by atoms with Gasteiger partial charge in [0.25, 0.3) is 0 Å². The van der Waals surface area contributed by atoms with Crippen molar-refractivity contribution >= 4 is 0 Å². The second kappa shape index (κ2) is 5.31. The van der Waals surface area contributed by atoms with Gasteiger partial charge in [-0.3, -0.25) is 0 Å². The van der Waals surface area contributed by atoms with E-state index >= 15 is 0 Å². The third-order valence-corrected chi connectivity index (χ3v) is 3.74. The second-order valence-corrected chi connectivity index (χ2v) is 6.28. The van der Waals surface area contributed by atoms with E-state index < -0.39 is 0 Å². The van der Waals surface area contributed by atoms with Crippen LogP contribution in [0.1, 0.15) is 33.3 Å². The number of hydrogen-bond acceptors (Lipinski definition) is 2. The van der Waals surface area contributed by atoms with Gasteiger partial charge in [0.05, 0.1) is 6.61 Å². The fourth-order valence-electron chi connectivity index (χ4n) is 2.97. The van der Waals surface area contributed by atoms with Crippen molar-refractivity contribution in [2.45, 2.75) is 40.2 Å². The van der Waals surface area contributed by atoms with Crippen LogP contribution in [0.25, 0.3) is 0 Å². The van der Waals surface area contributed by atoms with Gasteiger partial charge in [-0.1, -0.05) is 45.9 Å². The molecule has 1 aliphatic heterocycles. The molecule has 2 atom stereocenters. The maximum atomic E-state index is 5.92. The van der Waals surface area contributed by atoms with Gasteiger partial charge >= 0.3 is 0 Å². The fourth-order valence-corrected chi connectivity index (χ4v) is 2.97. The Morgan fingerprint density at radius 2 is 2.06 bits per heavy atom. The summed E-state index contributed by atoms with van der Waals surface area (Å²) >= 11 is 0. The summed E-state index contributed by atoms with van der Waals surface area (Å²) in [7, 11) is 0. The van der Waals surface area contributed by atoms with Crippen LogP contribution in [0.3, 0.4) is 0 Å². The number of ether oxygens (including phenoxy) is 1. The molecule has 2 heteroatoms. The van der Waals surface area contributed by atoms with Crippen LogP contribution < -0.4 is 10.1 Å². The molecule has 0 amide bonds. The monoisotopic (exact) mass is 247 g/mol. The molecule has 1 heterocycles. The normalized spacial score (nSPS) is 21.0. The van der Waals surface area contributed by atoms with E-state index in [1.54, 1.807) is 0 Å². The molecule has 0 spiro atoms. The number of benzene rings is 1. The zero-order valence-corrected chi connectivity index (χ0v) is 12.0. The summed E-state index contributed by atoms with van der Waals surface area (Å²) in [5.74, 6) is 1.62. The van der Waals surface area contributed by atoms with Crippen LogP contribution in [0.15, 0.2) is 24.3 Å². The van der Waals surface area contributed by atoms with Crippen molar-refractivity contribution in [3.63, 3.8) is 0 Å². The SMILES string of the molecule is CCNC(C1COc2ccccc2C1)C(C)(C)C. The topological polar surface area (TPSA) is 21.3 Å². The van der Waals surface area contributed by atoms with Crippen LogP contribution in [0, 0.1) is 11.3 Å². The third-order valence-electron chi connectivity index (χ3n) is 3.74. The third kappa shape index (κ3) is 2.86. The van der Waals surface area contributed by atoms with Gasteiger partial charge in [0.2, 0.25) is 0 Å². The molecular weight excluding hydrogens is 222 g/mol. The molecule has 1 aliphatic rings. The van der Waals surface area contributed by atoms with E-state index in [-0.39, 0.29) is 5.41 Å². The standard InChI is InChI=1S/C16H25NO/c1-5-17-15(16(2,3)4)13-10-12-8-6-7-9-14(12)18-11-13/h6-9,13,15,17H,5,10-11H2,1-4H3. The van der Waals surface area contributed by atoms with Crippen molar-refractivity contribution in [3.05, 3.63) is 29.8 Å². The van der Waals surface area contributed by atoms with Crippen molar-refractivity contribution < 1.29 is 4.74 Å². The Kier molecular flexibility index (Phi) is 3.96. The lowest BCUT2D eigenvalue weighted by Gasteiger charge is -2.39. The second-order valence-electron chi connectivity index (χ2n) is 6.28. The summed E-state index contributed by atoms with van der Waals surface area (Å²) in [6, 6.07) is 8.91. The van der Waals surface area contributed by atoms with E-state index in [4.69, 9.17) is 4.74 Å². The largest absolute Gasteiger partial charge is 0.493 e. The Balaban J connectivity index is 2.15. The molecule has 0 radical (unpaired) electrons. The number of rotatable bonds is 3. The number of hydrogen-bond donors (Lipinski definition) is 1. The minimum Gasteiger partial charge on any atom is -0.493 e. The molecule has 18 heavy (non-hydrogen) atoms. The molecule has 2 rings (SSSR count). The highest BCUT2D eigenvalue weighted by atomic mass is 16.5. The van der Waals surface area contributed by atoms with Crippen LogP contribution in [-0.2, 0) is 6.42 Å². The minimum absolute atomic E-state index is 0.260. The molecule has 0 aromatic heterocycles. The number of para-hydroxylation sites is 1. The first kappa shape index (κ1) is 13.4. The highest BCUT2D eigenvalue weighted by Gasteiger charge is 2.34. The maximum absolute atomic E-state index is 5.92. The molecule has 100 valence electrons. The van der Waals surface area contributed by atoms with Gasteiger partial charge in [0.1, 0.15) is 5.75 Å². The first-order valence-corrected chi connectivity index (χ1v) is 6.96. The summed E-state index contributed by atoms with van der Waals surface area (Å²) in [4.78, 5) is 0. The molecule has 0 saturated heterocycles. The van der Waals surface area contributed by atoms with Gasteiger partial charge in [0.15, 0.2) is 0 Å². The van der Waals surface area contributed by atoms with Crippen molar-refractivity contribution in [1.29, 1.82) is 0 Å². The Hall–Kier alpha value is -1.02. The van der Waals surface area contributed by atoms with Gasteiger partial charge in [-0.05, 0) is 30.0 Å². The molecule has 1 aromatic rings. The average Bonchev–Trinajstić information content (AvgIpc) is 2.34. The average molecular weight is 247 g/mol. The van der Waals surface area contributed by atoms with Crippen LogP contribution in [0.4, 0.5) is 0 Å². The molecule has 2 nitrogen and oxygen atoms in total. The number of nitrogens with one attached hydrogen (secondary N) is 1. The van der Waals surface area contributed by atoms with Crippen LogP contribution >= 0.6 is 0 Å². The summed E-state index contributed by atoms with van der Waals surface area (Å²) < 4.78 is 5.92. The summed E-state index contributed by atoms with van der Waals surface area (Å²) in [6.45, 7) is 10.9. The van der Waals surface area contributed by atoms with Crippen LogP contribution in [-0.4, -0.2) is 19.2 Å². The molecule has 1 N–H and O–H groups in total. The Morgan fingerprint density at radius 1 is 1.33 bits per heavy atom. The van der Waals surface area contributed by atoms with Crippen molar-refractivity contribution in [1.82, 2.24) is 5.32 Å². The number of fused-ring (bicyclic) bond motifs is 1. The van der Waals surface area contributed by atoms with E-state index in [2.05, 4.69) is 51.2 Å². The fraction of sp³-hybridized carbons (Fsp3) is 0.625. The van der Waals surface area contributed by atoms with Crippen LogP contribution in [0.2, 0.25) is 0 Å². The van der Waals surface area contributed by atoms with Gasteiger partial charge in [0, 0.05) is 12.0 Å². The highest BCUT2D eigenvalue weighted by Crippen LogP contribution is 2.33. The van der Waals surface area contributed by atoms with Crippen molar-refractivity contribution in [2.24, 2.45) is 11.3 Å².